The minimum atomic E-state index is -4.62. The smallest absolute Gasteiger partial charge is 0.406 e. The molecule has 0 saturated heterocycles. The van der Waals surface area contributed by atoms with Crippen molar-refractivity contribution in [2.24, 2.45) is 37.9 Å². The zero-order chi connectivity index (χ0) is 85.1. The molecule has 0 atom stereocenters. The molecule has 0 amide bonds. The number of fused-ring (bicyclic) bond motifs is 1. The van der Waals surface area contributed by atoms with Gasteiger partial charge in [-0.1, -0.05) is 426 Å². The molecule has 0 heterocycles. The van der Waals surface area contributed by atoms with Crippen molar-refractivity contribution in [2.45, 2.75) is 305 Å². The maximum absolute atomic E-state index is 11.9. The lowest BCUT2D eigenvalue weighted by Crippen LogP contribution is -2.17. The second kappa shape index (κ2) is 45.5. The summed E-state index contributed by atoms with van der Waals surface area (Å²) in [6.45, 7) is 73.8. The molecule has 626 valence electrons. The van der Waals surface area contributed by atoms with Crippen molar-refractivity contribution in [3.63, 3.8) is 0 Å². The summed E-state index contributed by atoms with van der Waals surface area (Å²) in [6.07, 6.45) is 3.13. The van der Waals surface area contributed by atoms with Crippen molar-refractivity contribution in [1.29, 1.82) is 0 Å². The number of halogens is 3. The molecule has 0 fully saturated rings. The van der Waals surface area contributed by atoms with Gasteiger partial charge in [-0.2, -0.15) is 0 Å². The molecular formula is C110H159F3O. The Bertz CT molecular complexity index is 4210. The monoisotopic (exact) mass is 1550 g/mol. The summed E-state index contributed by atoms with van der Waals surface area (Å²) in [5.74, 6) is -0.176. The number of benzene rings is 10. The maximum atomic E-state index is 11.9. The van der Waals surface area contributed by atoms with E-state index in [1.807, 2.05) is 0 Å². The summed E-state index contributed by atoms with van der Waals surface area (Å²) in [7, 11) is 0. The van der Waals surface area contributed by atoms with Gasteiger partial charge in [0.2, 0.25) is 0 Å². The van der Waals surface area contributed by atoms with Crippen LogP contribution in [0.25, 0.3) is 21.9 Å². The van der Waals surface area contributed by atoms with Crippen LogP contribution in [0.1, 0.15) is 285 Å². The van der Waals surface area contributed by atoms with Gasteiger partial charge >= 0.3 is 6.36 Å². The molecule has 0 radical (unpaired) electrons. The number of alkyl halides is 3. The van der Waals surface area contributed by atoms with Crippen LogP contribution < -0.4 is 4.74 Å². The number of aryl methyl sites for hydroxylation is 6. The third-order valence-electron chi connectivity index (χ3n) is 18.3. The fourth-order valence-corrected chi connectivity index (χ4v) is 12.7. The van der Waals surface area contributed by atoms with E-state index in [2.05, 4.69) is 439 Å². The van der Waals surface area contributed by atoms with E-state index in [1.54, 1.807) is 12.1 Å². The SMILES string of the molecule is C.C.CC(C)(C)Cc1ccc(-c2ccccc2)cc1.CC(C)(C)Cc1ccc(C(C)(C)C)cc1.CC(C)(C)Cc1ccc(OC(F)(F)F)cc1.CC(C)(C)Cc1ccccc1.CC(C)(C)c1ccc2ccccc2c1.Cc1ccc(C)c(CC(C)(C)C)c1.Cc1ccc(CC(C)(C)C)cc1C.Cc1ccc(CC(C)(C)C)cc1C. The van der Waals surface area contributed by atoms with Gasteiger partial charge in [0.1, 0.15) is 5.75 Å². The van der Waals surface area contributed by atoms with Crippen molar-refractivity contribution in [3.05, 3.63) is 314 Å². The summed E-state index contributed by atoms with van der Waals surface area (Å²) in [4.78, 5) is 0. The molecule has 0 aliphatic rings. The molecule has 0 bridgehead atoms. The van der Waals surface area contributed by atoms with E-state index in [4.69, 9.17) is 0 Å². The van der Waals surface area contributed by atoms with E-state index in [0.29, 0.717) is 32.5 Å². The zero-order valence-electron chi connectivity index (χ0n) is 76.4. The molecule has 0 spiro atoms. The highest BCUT2D eigenvalue weighted by Crippen LogP contribution is 2.32. The predicted octanol–water partition coefficient (Wildman–Crippen LogP) is 34.0. The normalized spacial score (nSPS) is 11.8. The van der Waals surface area contributed by atoms with Gasteiger partial charge in [-0.05, 0) is 247 Å². The molecular weight excluding hydrogens is 1390 g/mol. The lowest BCUT2D eigenvalue weighted by molar-refractivity contribution is -0.274. The van der Waals surface area contributed by atoms with Crippen molar-refractivity contribution >= 4 is 10.8 Å². The summed E-state index contributed by atoms with van der Waals surface area (Å²) in [6, 6.07) is 80.6. The highest BCUT2D eigenvalue weighted by molar-refractivity contribution is 5.83. The van der Waals surface area contributed by atoms with Gasteiger partial charge in [-0.3, -0.25) is 0 Å². The van der Waals surface area contributed by atoms with Gasteiger partial charge in [-0.25, -0.2) is 0 Å². The first-order chi connectivity index (χ1) is 51.2. The summed E-state index contributed by atoms with van der Waals surface area (Å²) < 4.78 is 39.5. The Labute approximate surface area is 698 Å². The molecule has 114 heavy (non-hydrogen) atoms. The fraction of sp³-hybridized carbons (Fsp3) is 0.473. The van der Waals surface area contributed by atoms with Gasteiger partial charge in [-0.15, -0.1) is 13.2 Å². The highest BCUT2D eigenvalue weighted by Gasteiger charge is 2.31. The first kappa shape index (κ1) is 104. The molecule has 0 aliphatic heterocycles. The van der Waals surface area contributed by atoms with Crippen LogP contribution in [0.5, 0.6) is 5.75 Å². The number of ether oxygens (including phenoxy) is 1. The van der Waals surface area contributed by atoms with Crippen molar-refractivity contribution in [2.75, 3.05) is 0 Å². The van der Waals surface area contributed by atoms with Gasteiger partial charge in [0.25, 0.3) is 0 Å². The average Bonchev–Trinajstić information content (AvgIpc) is 0.819. The minimum absolute atomic E-state index is 0. The molecule has 10 aromatic rings. The summed E-state index contributed by atoms with van der Waals surface area (Å²) in [5.41, 5.74) is 26.4. The zero-order valence-corrected chi connectivity index (χ0v) is 76.4. The topological polar surface area (TPSA) is 9.23 Å². The van der Waals surface area contributed by atoms with E-state index < -0.39 is 6.36 Å². The van der Waals surface area contributed by atoms with Crippen LogP contribution in [-0.2, 0) is 55.8 Å². The van der Waals surface area contributed by atoms with Crippen LogP contribution >= 0.6 is 0 Å². The standard InChI is InChI=1S/C17H20.C15H24.C14H16.3C13H20.C12H15F3O.C11H16.2CH4/c1-17(2,3)13-14-9-11-16(12-10-14)15-7-5-4-6-8-15;1-14(2,3)11-12-7-9-13(10-8-12)15(4,5)6;1-14(2,3)13-9-8-11-6-4-5-7-12(11)10-13;2*1-10-6-7-12(8-11(10)2)9-13(3,4)5;1-10-6-7-11(2)12(8-10)9-13(3,4)5;1-11(2,3)8-9-4-6-10(7-5-9)16-12(13,14)15;1-11(2,3)9-10-7-5-4-6-8-10;;/h4-12H,13H2,1-3H3;7-10H,11H2,1-6H3;4-10H,1-3H3;3*6-8H,9H2,1-5H3;4-7H,8H2,1-3H3;4-8H,9H2,1-3H3;2*1H4. The number of hydrogen-bond donors (Lipinski definition) is 0. The molecule has 0 unspecified atom stereocenters. The quantitative estimate of drug-likeness (QED) is 0.140. The Morgan fingerprint density at radius 3 is 0.895 bits per heavy atom. The molecule has 0 aromatic heterocycles. The lowest BCUT2D eigenvalue weighted by Gasteiger charge is -2.21. The molecule has 10 aromatic carbocycles. The molecule has 0 N–H and O–H groups in total. The van der Waals surface area contributed by atoms with E-state index in [0.717, 1.165) is 44.1 Å². The molecule has 4 heteroatoms. The van der Waals surface area contributed by atoms with Gasteiger partial charge in [0.15, 0.2) is 0 Å². The van der Waals surface area contributed by atoms with Crippen LogP contribution in [0.3, 0.4) is 0 Å². The Hall–Kier alpha value is -7.95. The first-order valence-electron chi connectivity index (χ1n) is 41.0. The maximum Gasteiger partial charge on any atom is 0.573 e. The van der Waals surface area contributed by atoms with E-state index in [9.17, 15) is 13.2 Å². The van der Waals surface area contributed by atoms with Crippen molar-refractivity contribution in [1.82, 2.24) is 0 Å². The van der Waals surface area contributed by atoms with E-state index in [-0.39, 0.29) is 36.8 Å². The van der Waals surface area contributed by atoms with E-state index in [1.165, 1.54) is 118 Å². The van der Waals surface area contributed by atoms with Crippen molar-refractivity contribution < 1.29 is 17.9 Å². The van der Waals surface area contributed by atoms with Crippen molar-refractivity contribution in [3.8, 4) is 16.9 Å². The summed E-state index contributed by atoms with van der Waals surface area (Å²) in [5, 5.41) is 2.65. The largest absolute Gasteiger partial charge is 0.573 e. The highest BCUT2D eigenvalue weighted by atomic mass is 19.4. The second-order valence-electron chi connectivity index (χ2n) is 41.9. The molecule has 0 aliphatic carbocycles. The van der Waals surface area contributed by atoms with Crippen LogP contribution in [-0.4, -0.2) is 6.36 Å². The third-order valence-corrected chi connectivity index (χ3v) is 18.3. The lowest BCUT2D eigenvalue weighted by atomic mass is 9.84. The van der Waals surface area contributed by atoms with Gasteiger partial charge in [0.05, 0.1) is 0 Å². The Morgan fingerprint density at radius 1 is 0.237 bits per heavy atom. The van der Waals surface area contributed by atoms with Crippen LogP contribution in [0, 0.1) is 79.4 Å². The van der Waals surface area contributed by atoms with Crippen LogP contribution in [0.2, 0.25) is 0 Å². The van der Waals surface area contributed by atoms with Gasteiger partial charge < -0.3 is 4.74 Å². The predicted molar refractivity (Wildman–Crippen MR) is 503 cm³/mol. The van der Waals surface area contributed by atoms with Crippen LogP contribution in [0.15, 0.2) is 231 Å². The second-order valence-corrected chi connectivity index (χ2v) is 41.9. The Kier molecular flexibility index (Phi) is 41.6. The fourth-order valence-electron chi connectivity index (χ4n) is 12.7. The van der Waals surface area contributed by atoms with Gasteiger partial charge in [0, 0.05) is 0 Å². The molecule has 10 rings (SSSR count). The third kappa shape index (κ3) is 47.2. The molecule has 1 nitrogen and oxygen atoms in total. The molecule has 0 saturated carbocycles. The number of rotatable bonds is 9. The average molecular weight is 1550 g/mol. The Morgan fingerprint density at radius 2 is 0.535 bits per heavy atom. The number of hydrogen-bond acceptors (Lipinski definition) is 1. The minimum Gasteiger partial charge on any atom is -0.406 e. The Balaban J connectivity index is 0.000000652. The first-order valence-corrected chi connectivity index (χ1v) is 41.0. The van der Waals surface area contributed by atoms with Crippen LogP contribution in [0.4, 0.5) is 13.2 Å². The van der Waals surface area contributed by atoms with E-state index >= 15 is 0 Å². The summed E-state index contributed by atoms with van der Waals surface area (Å²) >= 11 is 0.